The number of halogens is 6. The molecule has 0 spiro atoms. The standard InChI is InChI=1S/C14H15F5N2O.ClH/c15-10-7-11(16)12(21-4-2-1-3-5-21)6-9(10)8-20-13(22)14(17,18)19;/h6-7H,1-5,8H2,(H,20,22);1H. The fraction of sp³-hybridized carbons (Fsp3) is 0.500. The van der Waals surface area contributed by atoms with Gasteiger partial charge in [-0.1, -0.05) is 0 Å². The van der Waals surface area contributed by atoms with Crippen molar-refractivity contribution in [3.05, 3.63) is 29.3 Å². The Bertz CT molecular complexity index is 559. The molecule has 0 radical (unpaired) electrons. The first kappa shape index (κ1) is 19.5. The summed E-state index contributed by atoms with van der Waals surface area (Å²) in [5.74, 6) is -3.90. The molecule has 1 heterocycles. The third-order valence-corrected chi connectivity index (χ3v) is 3.51. The van der Waals surface area contributed by atoms with Gasteiger partial charge in [0.15, 0.2) is 0 Å². The van der Waals surface area contributed by atoms with E-state index < -0.39 is 30.3 Å². The van der Waals surface area contributed by atoms with Gasteiger partial charge in [-0.2, -0.15) is 13.2 Å². The van der Waals surface area contributed by atoms with Gasteiger partial charge in [0.25, 0.3) is 0 Å². The Balaban J connectivity index is 0.00000264. The highest BCUT2D eigenvalue weighted by molar-refractivity contribution is 5.85. The number of carbonyl (C=O) groups is 1. The Morgan fingerprint density at radius 2 is 1.70 bits per heavy atom. The second kappa shape index (κ2) is 7.81. The molecule has 0 saturated carbocycles. The van der Waals surface area contributed by atoms with E-state index in [4.69, 9.17) is 0 Å². The van der Waals surface area contributed by atoms with Crippen molar-refractivity contribution < 1.29 is 26.7 Å². The molecule has 1 N–H and O–H groups in total. The Morgan fingerprint density at radius 1 is 1.09 bits per heavy atom. The molecule has 1 aromatic rings. The van der Waals surface area contributed by atoms with Crippen LogP contribution in [0.25, 0.3) is 0 Å². The van der Waals surface area contributed by atoms with Crippen LogP contribution in [0.2, 0.25) is 0 Å². The van der Waals surface area contributed by atoms with Gasteiger partial charge < -0.3 is 10.2 Å². The number of carbonyl (C=O) groups excluding carboxylic acids is 1. The van der Waals surface area contributed by atoms with E-state index in [1.807, 2.05) is 0 Å². The van der Waals surface area contributed by atoms with E-state index in [0.717, 1.165) is 25.3 Å². The van der Waals surface area contributed by atoms with Crippen LogP contribution in [0.15, 0.2) is 12.1 Å². The van der Waals surface area contributed by atoms with E-state index >= 15 is 0 Å². The van der Waals surface area contributed by atoms with Crippen LogP contribution >= 0.6 is 12.4 Å². The summed E-state index contributed by atoms with van der Waals surface area (Å²) in [6.07, 6.45) is -2.27. The molecule has 1 amide bonds. The number of hydrogen-bond donors (Lipinski definition) is 1. The van der Waals surface area contributed by atoms with Gasteiger partial charge in [0.1, 0.15) is 11.6 Å². The van der Waals surface area contributed by atoms with Crippen LogP contribution < -0.4 is 10.2 Å². The molecule has 1 aliphatic rings. The van der Waals surface area contributed by atoms with Gasteiger partial charge in [-0.15, -0.1) is 12.4 Å². The average molecular weight is 359 g/mol. The van der Waals surface area contributed by atoms with Gasteiger partial charge in [-0.05, 0) is 25.3 Å². The predicted molar refractivity (Wildman–Crippen MR) is 77.6 cm³/mol. The van der Waals surface area contributed by atoms with Gasteiger partial charge in [0, 0.05) is 31.3 Å². The normalized spacial score (nSPS) is 15.1. The van der Waals surface area contributed by atoms with E-state index in [-0.39, 0.29) is 23.7 Å². The summed E-state index contributed by atoms with van der Waals surface area (Å²) in [6, 6.07) is 1.80. The van der Waals surface area contributed by atoms with Crippen molar-refractivity contribution in [2.45, 2.75) is 32.0 Å². The molecule has 3 nitrogen and oxygen atoms in total. The molecule has 1 saturated heterocycles. The van der Waals surface area contributed by atoms with Gasteiger partial charge in [0.2, 0.25) is 0 Å². The van der Waals surface area contributed by atoms with E-state index in [0.29, 0.717) is 19.2 Å². The average Bonchev–Trinajstić information content (AvgIpc) is 2.46. The zero-order valence-corrected chi connectivity index (χ0v) is 12.9. The fourth-order valence-electron chi connectivity index (χ4n) is 2.37. The van der Waals surface area contributed by atoms with Crippen LogP contribution in [0.3, 0.4) is 0 Å². The van der Waals surface area contributed by atoms with Crippen molar-refractivity contribution >= 4 is 24.0 Å². The quantitative estimate of drug-likeness (QED) is 0.838. The minimum absolute atomic E-state index is 0. The summed E-state index contributed by atoms with van der Waals surface area (Å²) in [4.78, 5) is 12.5. The topological polar surface area (TPSA) is 32.3 Å². The minimum Gasteiger partial charge on any atom is -0.369 e. The summed E-state index contributed by atoms with van der Waals surface area (Å²) in [5.41, 5.74) is -0.0306. The van der Waals surface area contributed by atoms with Gasteiger partial charge in [-0.25, -0.2) is 8.78 Å². The Labute approximate surface area is 136 Å². The maximum Gasteiger partial charge on any atom is 0.471 e. The first-order valence-corrected chi connectivity index (χ1v) is 6.87. The van der Waals surface area contributed by atoms with Crippen LogP contribution in [0, 0.1) is 11.6 Å². The van der Waals surface area contributed by atoms with Gasteiger partial charge >= 0.3 is 12.1 Å². The third-order valence-electron chi connectivity index (χ3n) is 3.51. The smallest absolute Gasteiger partial charge is 0.369 e. The number of benzene rings is 1. The van der Waals surface area contributed by atoms with Crippen molar-refractivity contribution in [1.82, 2.24) is 5.32 Å². The molecule has 1 fully saturated rings. The lowest BCUT2D eigenvalue weighted by Crippen LogP contribution is -2.36. The maximum atomic E-state index is 13.9. The van der Waals surface area contributed by atoms with Gasteiger partial charge in [-0.3, -0.25) is 4.79 Å². The fourth-order valence-corrected chi connectivity index (χ4v) is 2.37. The van der Waals surface area contributed by atoms with E-state index in [1.54, 1.807) is 10.2 Å². The minimum atomic E-state index is -5.04. The highest BCUT2D eigenvalue weighted by Crippen LogP contribution is 2.26. The first-order chi connectivity index (χ1) is 10.3. The SMILES string of the molecule is Cl.O=C(NCc1cc(N2CCCCC2)c(F)cc1F)C(F)(F)F. The van der Waals surface area contributed by atoms with Crippen molar-refractivity contribution in [2.75, 3.05) is 18.0 Å². The summed E-state index contributed by atoms with van der Waals surface area (Å²) in [5, 5.41) is 1.58. The highest BCUT2D eigenvalue weighted by atomic mass is 35.5. The van der Waals surface area contributed by atoms with Crippen LogP contribution in [0.1, 0.15) is 24.8 Å². The Kier molecular flexibility index (Phi) is 6.61. The van der Waals surface area contributed by atoms with Crippen LogP contribution in [-0.4, -0.2) is 25.2 Å². The first-order valence-electron chi connectivity index (χ1n) is 6.87. The molecule has 0 unspecified atom stereocenters. The third kappa shape index (κ3) is 4.95. The van der Waals surface area contributed by atoms with E-state index in [9.17, 15) is 26.7 Å². The molecule has 23 heavy (non-hydrogen) atoms. The molecular formula is C14H16ClF5N2O. The molecule has 130 valence electrons. The molecule has 0 atom stereocenters. The van der Waals surface area contributed by atoms with E-state index in [1.165, 1.54) is 0 Å². The molecular weight excluding hydrogens is 343 g/mol. The second-order valence-electron chi connectivity index (χ2n) is 5.12. The monoisotopic (exact) mass is 358 g/mol. The van der Waals surface area contributed by atoms with Crippen molar-refractivity contribution in [3.63, 3.8) is 0 Å². The van der Waals surface area contributed by atoms with Crippen molar-refractivity contribution in [3.8, 4) is 0 Å². The molecule has 2 rings (SSSR count). The number of hydrogen-bond acceptors (Lipinski definition) is 2. The lowest BCUT2D eigenvalue weighted by atomic mass is 10.1. The number of nitrogens with zero attached hydrogens (tertiary/aromatic N) is 1. The summed E-state index contributed by atoms with van der Waals surface area (Å²) in [7, 11) is 0. The van der Waals surface area contributed by atoms with Crippen molar-refractivity contribution in [2.24, 2.45) is 0 Å². The van der Waals surface area contributed by atoms with Crippen LogP contribution in [-0.2, 0) is 11.3 Å². The number of amides is 1. The second-order valence-corrected chi connectivity index (χ2v) is 5.12. The Hall–Kier alpha value is -1.57. The molecule has 0 aromatic heterocycles. The summed E-state index contributed by atoms with van der Waals surface area (Å²) < 4.78 is 63.8. The number of alkyl halides is 3. The maximum absolute atomic E-state index is 13.9. The highest BCUT2D eigenvalue weighted by Gasteiger charge is 2.38. The number of piperidine rings is 1. The number of rotatable bonds is 3. The summed E-state index contributed by atoms with van der Waals surface area (Å²) in [6.45, 7) is 0.569. The lowest BCUT2D eigenvalue weighted by Gasteiger charge is -2.29. The zero-order valence-electron chi connectivity index (χ0n) is 12.1. The van der Waals surface area contributed by atoms with E-state index in [2.05, 4.69) is 0 Å². The lowest BCUT2D eigenvalue weighted by molar-refractivity contribution is -0.173. The molecule has 9 heteroatoms. The zero-order chi connectivity index (χ0) is 16.3. The number of nitrogens with one attached hydrogen (secondary N) is 1. The molecule has 0 aliphatic carbocycles. The van der Waals surface area contributed by atoms with Crippen molar-refractivity contribution in [1.29, 1.82) is 0 Å². The Morgan fingerprint density at radius 3 is 2.26 bits per heavy atom. The predicted octanol–water partition coefficient (Wildman–Crippen LogP) is 3.56. The van der Waals surface area contributed by atoms with Crippen LogP contribution in [0.5, 0.6) is 0 Å². The molecule has 1 aromatic carbocycles. The van der Waals surface area contributed by atoms with Crippen LogP contribution in [0.4, 0.5) is 27.6 Å². The molecule has 0 bridgehead atoms. The number of anilines is 1. The van der Waals surface area contributed by atoms with Gasteiger partial charge in [0.05, 0.1) is 5.69 Å². The largest absolute Gasteiger partial charge is 0.471 e. The molecule has 1 aliphatic heterocycles. The summed E-state index contributed by atoms with van der Waals surface area (Å²) >= 11 is 0.